The zero-order chi connectivity index (χ0) is 9.84. The van der Waals surface area contributed by atoms with Gasteiger partial charge in [-0.25, -0.2) is 4.79 Å². The number of benzene rings is 1. The average Bonchev–Trinajstić information content (AvgIpc) is 2.04. The van der Waals surface area contributed by atoms with Crippen LogP contribution in [0.2, 0.25) is 0 Å². The van der Waals surface area contributed by atoms with Crippen molar-refractivity contribution >= 4 is 17.1 Å². The van der Waals surface area contributed by atoms with Crippen molar-refractivity contribution in [3.8, 4) is 0 Å². The Morgan fingerprint density at radius 1 is 1.46 bits per heavy atom. The largest absolute Gasteiger partial charge is 0.611 e. The van der Waals surface area contributed by atoms with Crippen LogP contribution in [0.4, 0.5) is 0 Å². The molecule has 1 rings (SSSR count). The molecule has 0 radical (unpaired) electrons. The highest BCUT2D eigenvalue weighted by Crippen LogP contribution is 2.11. The lowest BCUT2D eigenvalue weighted by molar-refractivity contribution is -0.134. The minimum absolute atomic E-state index is 0.330. The Hall–Kier alpha value is -1.00. The quantitative estimate of drug-likeness (QED) is 0.742. The van der Waals surface area contributed by atoms with Crippen LogP contribution < -0.4 is 0 Å². The molecule has 70 valence electrons. The Balaban J connectivity index is 2.71. The summed E-state index contributed by atoms with van der Waals surface area (Å²) in [6.07, 6.45) is 0. The molecule has 0 fully saturated rings. The van der Waals surface area contributed by atoms with Gasteiger partial charge in [-0.2, -0.15) is 0 Å². The second-order valence-electron chi connectivity index (χ2n) is 2.70. The van der Waals surface area contributed by atoms with Crippen molar-refractivity contribution in [2.24, 2.45) is 0 Å². The van der Waals surface area contributed by atoms with E-state index in [1.165, 1.54) is 0 Å². The van der Waals surface area contributed by atoms with Crippen LogP contribution in [0.25, 0.3) is 0 Å². The minimum Gasteiger partial charge on any atom is -0.611 e. The maximum atomic E-state index is 11.3. The zero-order valence-electron chi connectivity index (χ0n) is 7.19. The van der Waals surface area contributed by atoms with Gasteiger partial charge in [-0.1, -0.05) is 17.7 Å². The lowest BCUT2D eigenvalue weighted by atomic mass is 10.2. The van der Waals surface area contributed by atoms with Gasteiger partial charge in [-0.3, -0.25) is 0 Å². The van der Waals surface area contributed by atoms with Gasteiger partial charge in [-0.15, -0.1) is 0 Å². The van der Waals surface area contributed by atoms with Gasteiger partial charge in [0.25, 0.3) is 0 Å². The smallest absolute Gasteiger partial charge is 0.354 e. The van der Waals surface area contributed by atoms with Crippen molar-refractivity contribution in [2.75, 3.05) is 5.75 Å². The van der Waals surface area contributed by atoms with Gasteiger partial charge in [0.15, 0.2) is 4.90 Å². The molecule has 0 aromatic heterocycles. The first kappa shape index (κ1) is 10.1. The Labute approximate surface area is 79.6 Å². The highest BCUT2D eigenvalue weighted by molar-refractivity contribution is 7.92. The first-order chi connectivity index (χ1) is 6.09. The molecular formula is C9H10O3S. The molecule has 0 heterocycles. The van der Waals surface area contributed by atoms with Gasteiger partial charge < -0.3 is 9.66 Å². The molecule has 1 aromatic carbocycles. The van der Waals surface area contributed by atoms with Gasteiger partial charge in [-0.05, 0) is 30.2 Å². The van der Waals surface area contributed by atoms with Gasteiger partial charge in [0, 0.05) is 0 Å². The second kappa shape index (κ2) is 4.30. The molecule has 0 saturated heterocycles. The molecule has 0 saturated carbocycles. The summed E-state index contributed by atoms with van der Waals surface area (Å²) in [4.78, 5) is 10.8. The summed E-state index contributed by atoms with van der Waals surface area (Å²) in [6.45, 7) is 1.92. The minimum atomic E-state index is -1.42. The van der Waals surface area contributed by atoms with Gasteiger partial charge in [0.2, 0.25) is 5.75 Å². The monoisotopic (exact) mass is 198 g/mol. The number of carboxylic acid groups (broad SMARTS) is 1. The molecule has 0 aliphatic heterocycles. The standard InChI is InChI=1S/C9H10O3S/c1-7-2-4-8(5-3-7)13(12)6-9(10)11/h2-5H,6H2,1H3,(H,10,11)/t13-/m0/s1. The summed E-state index contributed by atoms with van der Waals surface area (Å²) in [5.74, 6) is -1.37. The van der Waals surface area contributed by atoms with E-state index in [-0.39, 0.29) is 5.75 Å². The molecule has 0 amide bonds. The second-order valence-corrected chi connectivity index (χ2v) is 4.15. The topological polar surface area (TPSA) is 60.4 Å². The fourth-order valence-electron chi connectivity index (χ4n) is 0.886. The van der Waals surface area contributed by atoms with E-state index in [0.717, 1.165) is 5.56 Å². The molecule has 0 unspecified atom stereocenters. The Morgan fingerprint density at radius 3 is 2.46 bits per heavy atom. The number of carbonyl (C=O) groups is 1. The number of carboxylic acids is 1. The van der Waals surface area contributed by atoms with E-state index in [0.29, 0.717) is 4.90 Å². The van der Waals surface area contributed by atoms with Crippen LogP contribution in [-0.4, -0.2) is 21.4 Å². The third-order valence-corrected chi connectivity index (χ3v) is 2.85. The van der Waals surface area contributed by atoms with Crippen LogP contribution in [0.3, 0.4) is 0 Å². The summed E-state index contributed by atoms with van der Waals surface area (Å²) in [7, 11) is 0. The predicted octanol–water partition coefficient (Wildman–Crippen LogP) is 1.19. The van der Waals surface area contributed by atoms with Crippen LogP contribution in [-0.2, 0) is 16.0 Å². The predicted molar refractivity (Wildman–Crippen MR) is 50.1 cm³/mol. The molecule has 0 aliphatic carbocycles. The van der Waals surface area contributed by atoms with E-state index in [4.69, 9.17) is 5.11 Å². The van der Waals surface area contributed by atoms with E-state index in [2.05, 4.69) is 0 Å². The normalized spacial score (nSPS) is 12.5. The van der Waals surface area contributed by atoms with E-state index in [1.54, 1.807) is 12.1 Å². The van der Waals surface area contributed by atoms with Crippen LogP contribution >= 0.6 is 0 Å². The third-order valence-electron chi connectivity index (χ3n) is 1.54. The number of aliphatic carboxylic acids is 1. The van der Waals surface area contributed by atoms with Crippen molar-refractivity contribution in [3.63, 3.8) is 0 Å². The maximum Gasteiger partial charge on any atom is 0.354 e. The van der Waals surface area contributed by atoms with Crippen molar-refractivity contribution in [3.05, 3.63) is 29.8 Å². The van der Waals surface area contributed by atoms with Crippen molar-refractivity contribution < 1.29 is 14.5 Å². The van der Waals surface area contributed by atoms with Gasteiger partial charge in [0.1, 0.15) is 0 Å². The van der Waals surface area contributed by atoms with Crippen LogP contribution in [0.15, 0.2) is 29.2 Å². The number of rotatable bonds is 3. The van der Waals surface area contributed by atoms with E-state index in [1.807, 2.05) is 19.1 Å². The highest BCUT2D eigenvalue weighted by atomic mass is 32.2. The zero-order valence-corrected chi connectivity index (χ0v) is 8.00. The first-order valence-corrected chi connectivity index (χ1v) is 5.08. The maximum absolute atomic E-state index is 11.3. The fourth-order valence-corrected chi connectivity index (χ4v) is 1.72. The molecule has 1 aromatic rings. The summed E-state index contributed by atoms with van der Waals surface area (Å²) in [5, 5.41) is 8.41. The lowest BCUT2D eigenvalue weighted by Crippen LogP contribution is -2.15. The number of hydrogen-bond acceptors (Lipinski definition) is 2. The molecule has 4 heteroatoms. The molecule has 0 spiro atoms. The summed E-state index contributed by atoms with van der Waals surface area (Å²) in [6, 6.07) is 7.01. The SMILES string of the molecule is Cc1ccc([S@@+]([O-])CC(=O)O)cc1. The molecule has 13 heavy (non-hydrogen) atoms. The highest BCUT2D eigenvalue weighted by Gasteiger charge is 2.14. The van der Waals surface area contributed by atoms with Gasteiger partial charge in [0.05, 0.1) is 0 Å². The fraction of sp³-hybridized carbons (Fsp3) is 0.222. The van der Waals surface area contributed by atoms with Crippen molar-refractivity contribution in [2.45, 2.75) is 11.8 Å². The molecule has 3 nitrogen and oxygen atoms in total. The molecule has 0 aliphatic rings. The third kappa shape index (κ3) is 3.08. The van der Waals surface area contributed by atoms with Crippen LogP contribution in [0, 0.1) is 6.92 Å². The summed E-state index contributed by atoms with van der Waals surface area (Å²) in [5.41, 5.74) is 1.07. The van der Waals surface area contributed by atoms with Crippen LogP contribution in [0.1, 0.15) is 5.56 Å². The number of hydrogen-bond donors (Lipinski definition) is 1. The van der Waals surface area contributed by atoms with Crippen molar-refractivity contribution in [1.82, 2.24) is 0 Å². The average molecular weight is 198 g/mol. The van der Waals surface area contributed by atoms with Gasteiger partial charge >= 0.3 is 5.97 Å². The first-order valence-electron chi connectivity index (χ1n) is 3.76. The summed E-state index contributed by atoms with van der Waals surface area (Å²) < 4.78 is 11.3. The Bertz CT molecular complexity index is 294. The molecule has 0 bridgehead atoms. The van der Waals surface area contributed by atoms with Crippen LogP contribution in [0.5, 0.6) is 0 Å². The Morgan fingerprint density at radius 2 is 2.00 bits per heavy atom. The van der Waals surface area contributed by atoms with Crippen molar-refractivity contribution in [1.29, 1.82) is 0 Å². The summed E-state index contributed by atoms with van der Waals surface area (Å²) >= 11 is -1.42. The van der Waals surface area contributed by atoms with E-state index in [9.17, 15) is 9.35 Å². The van der Waals surface area contributed by atoms with E-state index >= 15 is 0 Å². The molecule has 1 N–H and O–H groups in total. The Kier molecular flexibility index (Phi) is 3.33. The number of aryl methyl sites for hydroxylation is 1. The lowest BCUT2D eigenvalue weighted by Gasteiger charge is -2.07. The van der Waals surface area contributed by atoms with E-state index < -0.39 is 17.1 Å². The molecular weight excluding hydrogens is 188 g/mol. The molecule has 1 atom stereocenters.